The van der Waals surface area contributed by atoms with Gasteiger partial charge in [0, 0.05) is 11.8 Å². The maximum absolute atomic E-state index is 13.9. The van der Waals surface area contributed by atoms with E-state index in [0.717, 1.165) is 12.8 Å². The summed E-state index contributed by atoms with van der Waals surface area (Å²) in [5.41, 5.74) is -1.96. The quantitative estimate of drug-likeness (QED) is 0.626. The van der Waals surface area contributed by atoms with Crippen LogP contribution >= 0.6 is 0 Å². The first kappa shape index (κ1) is 19.6. The molecule has 0 bridgehead atoms. The van der Waals surface area contributed by atoms with Crippen LogP contribution in [0.5, 0.6) is 0 Å². The molecule has 0 amide bonds. The average molecular weight is 408 g/mol. The number of pyridine rings is 2. The molecule has 1 fully saturated rings. The van der Waals surface area contributed by atoms with E-state index in [-0.39, 0.29) is 11.6 Å². The van der Waals surface area contributed by atoms with Crippen molar-refractivity contribution in [3.63, 3.8) is 0 Å². The van der Waals surface area contributed by atoms with E-state index in [2.05, 4.69) is 15.3 Å². The Morgan fingerprint density at radius 3 is 2.66 bits per heavy atom. The molecule has 0 radical (unpaired) electrons. The summed E-state index contributed by atoms with van der Waals surface area (Å²) in [7, 11) is 0. The van der Waals surface area contributed by atoms with Crippen LogP contribution in [0.15, 0.2) is 42.7 Å². The number of anilines is 1. The lowest BCUT2D eigenvalue weighted by Gasteiger charge is -2.26. The van der Waals surface area contributed by atoms with Gasteiger partial charge in [-0.3, -0.25) is 4.40 Å². The standard InChI is InChI=1S/C20H20F4N4O/c1-19(29,20(22,23)24)12-8-9-18-25-10-16(28(18)11-12)15-6-3-7-17(27-15)26-14-5-2-4-13(14)21/h3,6-11,13-14,29H,2,4-5H2,1H3,(H,26,27)/t13-,14-,19-/m0/s1. The Morgan fingerprint density at radius 1 is 1.17 bits per heavy atom. The van der Waals surface area contributed by atoms with Gasteiger partial charge in [-0.25, -0.2) is 14.4 Å². The van der Waals surface area contributed by atoms with E-state index in [9.17, 15) is 22.7 Å². The summed E-state index contributed by atoms with van der Waals surface area (Å²) in [6.07, 6.45) is -0.988. The number of nitrogens with zero attached hydrogens (tertiary/aromatic N) is 3. The number of hydrogen-bond donors (Lipinski definition) is 2. The van der Waals surface area contributed by atoms with Crippen molar-refractivity contribution in [3.8, 4) is 11.4 Å². The zero-order chi connectivity index (χ0) is 20.8. The van der Waals surface area contributed by atoms with Crippen molar-refractivity contribution in [2.75, 3.05) is 5.32 Å². The molecule has 0 unspecified atom stereocenters. The summed E-state index contributed by atoms with van der Waals surface area (Å²) in [6, 6.07) is 7.47. The average Bonchev–Trinajstić information content (AvgIpc) is 3.27. The monoisotopic (exact) mass is 408 g/mol. The number of nitrogens with one attached hydrogen (secondary N) is 1. The maximum atomic E-state index is 13.9. The zero-order valence-corrected chi connectivity index (χ0v) is 15.6. The molecule has 5 nitrogen and oxygen atoms in total. The molecule has 4 rings (SSSR count). The summed E-state index contributed by atoms with van der Waals surface area (Å²) in [6.45, 7) is 0.711. The van der Waals surface area contributed by atoms with E-state index >= 15 is 0 Å². The van der Waals surface area contributed by atoms with Crippen molar-refractivity contribution in [1.29, 1.82) is 0 Å². The van der Waals surface area contributed by atoms with Gasteiger partial charge in [-0.2, -0.15) is 13.2 Å². The minimum atomic E-state index is -4.83. The van der Waals surface area contributed by atoms with Gasteiger partial charge in [0.15, 0.2) is 5.60 Å². The Morgan fingerprint density at radius 2 is 1.97 bits per heavy atom. The van der Waals surface area contributed by atoms with E-state index in [4.69, 9.17) is 0 Å². The highest BCUT2D eigenvalue weighted by molar-refractivity contribution is 5.62. The van der Waals surface area contributed by atoms with E-state index in [1.807, 2.05) is 0 Å². The SMILES string of the molecule is C[C@](O)(c1ccc2ncc(-c3cccc(N[C@H]4CCC[C@@H]4F)n3)n2c1)C(F)(F)F. The van der Waals surface area contributed by atoms with Crippen molar-refractivity contribution in [1.82, 2.24) is 14.4 Å². The first-order valence-corrected chi connectivity index (χ1v) is 9.31. The number of fused-ring (bicyclic) bond motifs is 1. The van der Waals surface area contributed by atoms with Gasteiger partial charge in [-0.15, -0.1) is 0 Å². The van der Waals surface area contributed by atoms with Crippen molar-refractivity contribution < 1.29 is 22.7 Å². The van der Waals surface area contributed by atoms with Crippen molar-refractivity contribution in [3.05, 3.63) is 48.3 Å². The van der Waals surface area contributed by atoms with Gasteiger partial charge in [-0.1, -0.05) is 12.1 Å². The fourth-order valence-electron chi connectivity index (χ4n) is 3.55. The lowest BCUT2D eigenvalue weighted by Crippen LogP contribution is -2.39. The normalized spacial score (nSPS) is 22.0. The maximum Gasteiger partial charge on any atom is 0.421 e. The minimum Gasteiger partial charge on any atom is -0.376 e. The molecule has 1 aliphatic rings. The van der Waals surface area contributed by atoms with Crippen LogP contribution in [0.4, 0.5) is 23.4 Å². The van der Waals surface area contributed by atoms with E-state index < -0.39 is 17.9 Å². The molecule has 3 atom stereocenters. The van der Waals surface area contributed by atoms with Gasteiger partial charge in [0.25, 0.3) is 0 Å². The second-order valence-electron chi connectivity index (χ2n) is 7.47. The fraction of sp³-hybridized carbons (Fsp3) is 0.400. The number of rotatable bonds is 4. The molecule has 1 aliphatic carbocycles. The molecule has 0 spiro atoms. The Balaban J connectivity index is 1.71. The van der Waals surface area contributed by atoms with Crippen LogP contribution in [-0.2, 0) is 5.60 Å². The molecule has 1 saturated carbocycles. The van der Waals surface area contributed by atoms with Crippen LogP contribution < -0.4 is 5.32 Å². The Hall–Kier alpha value is -2.68. The largest absolute Gasteiger partial charge is 0.421 e. The molecule has 0 aromatic carbocycles. The van der Waals surface area contributed by atoms with Gasteiger partial charge in [0.1, 0.15) is 17.6 Å². The highest BCUT2D eigenvalue weighted by atomic mass is 19.4. The molecule has 154 valence electrons. The molecule has 0 saturated heterocycles. The third-order valence-electron chi connectivity index (χ3n) is 5.40. The molecular weight excluding hydrogens is 388 g/mol. The fourth-order valence-corrected chi connectivity index (χ4v) is 3.55. The van der Waals surface area contributed by atoms with Gasteiger partial charge in [0.2, 0.25) is 0 Å². The van der Waals surface area contributed by atoms with Crippen molar-refractivity contribution in [2.45, 2.75) is 50.2 Å². The van der Waals surface area contributed by atoms with Crippen molar-refractivity contribution in [2.24, 2.45) is 0 Å². The molecule has 29 heavy (non-hydrogen) atoms. The molecule has 3 heterocycles. The van der Waals surface area contributed by atoms with Gasteiger partial charge < -0.3 is 10.4 Å². The minimum absolute atomic E-state index is 0.298. The van der Waals surface area contributed by atoms with Crippen LogP contribution in [-0.4, -0.2) is 37.9 Å². The van der Waals surface area contributed by atoms with Crippen molar-refractivity contribution >= 4 is 11.5 Å². The summed E-state index contributed by atoms with van der Waals surface area (Å²) < 4.78 is 55.0. The highest BCUT2D eigenvalue weighted by Gasteiger charge is 2.51. The third kappa shape index (κ3) is 3.55. The Bertz CT molecular complexity index is 1030. The number of imidazole rings is 1. The predicted octanol–water partition coefficient (Wildman–Crippen LogP) is 4.47. The second-order valence-corrected chi connectivity index (χ2v) is 7.47. The predicted molar refractivity (Wildman–Crippen MR) is 100 cm³/mol. The van der Waals surface area contributed by atoms with Crippen LogP contribution in [0.1, 0.15) is 31.7 Å². The second kappa shape index (κ2) is 6.98. The third-order valence-corrected chi connectivity index (χ3v) is 5.40. The lowest BCUT2D eigenvalue weighted by atomic mass is 9.97. The first-order valence-electron chi connectivity index (χ1n) is 9.31. The number of aliphatic hydroxyl groups is 1. The Labute approximate surface area is 164 Å². The number of halogens is 4. The van der Waals surface area contributed by atoms with Crippen LogP contribution in [0, 0.1) is 0 Å². The molecule has 9 heteroatoms. The number of aromatic nitrogens is 3. The summed E-state index contributed by atoms with van der Waals surface area (Å²) in [4.78, 5) is 8.69. The van der Waals surface area contributed by atoms with Crippen LogP contribution in [0.3, 0.4) is 0 Å². The van der Waals surface area contributed by atoms with Gasteiger partial charge >= 0.3 is 6.18 Å². The molecule has 3 aromatic rings. The Kier molecular flexibility index (Phi) is 4.72. The topological polar surface area (TPSA) is 62.5 Å². The van der Waals surface area contributed by atoms with E-state index in [1.165, 1.54) is 28.9 Å². The van der Waals surface area contributed by atoms with E-state index in [0.29, 0.717) is 36.2 Å². The number of hydrogen-bond acceptors (Lipinski definition) is 4. The zero-order valence-electron chi connectivity index (χ0n) is 15.6. The highest BCUT2D eigenvalue weighted by Crippen LogP contribution is 2.38. The van der Waals surface area contributed by atoms with Crippen LogP contribution in [0.25, 0.3) is 17.0 Å². The van der Waals surface area contributed by atoms with Gasteiger partial charge in [0.05, 0.1) is 23.6 Å². The van der Waals surface area contributed by atoms with E-state index in [1.54, 1.807) is 18.2 Å². The lowest BCUT2D eigenvalue weighted by molar-refractivity contribution is -0.259. The molecule has 0 aliphatic heterocycles. The molecule has 3 aromatic heterocycles. The molecule has 2 N–H and O–H groups in total. The van der Waals surface area contributed by atoms with Gasteiger partial charge in [-0.05, 0) is 44.4 Å². The molecular formula is C20H20F4N4O. The summed E-state index contributed by atoms with van der Waals surface area (Å²) >= 11 is 0. The van der Waals surface area contributed by atoms with Crippen LogP contribution in [0.2, 0.25) is 0 Å². The number of alkyl halides is 4. The first-order chi connectivity index (χ1) is 13.7. The summed E-state index contributed by atoms with van der Waals surface area (Å²) in [5, 5.41) is 13.1. The summed E-state index contributed by atoms with van der Waals surface area (Å²) in [5.74, 6) is 0.491. The smallest absolute Gasteiger partial charge is 0.376 e.